The summed E-state index contributed by atoms with van der Waals surface area (Å²) in [5, 5.41) is 3.50. The second-order valence-electron chi connectivity index (χ2n) is 6.59. The first-order valence-corrected chi connectivity index (χ1v) is 9.29. The number of carbonyl (C=O) groups is 1. The van der Waals surface area contributed by atoms with Crippen LogP contribution in [0.3, 0.4) is 0 Å². The van der Waals surface area contributed by atoms with Crippen molar-refractivity contribution in [3.05, 3.63) is 40.4 Å². The van der Waals surface area contributed by atoms with E-state index in [4.69, 9.17) is 4.74 Å². The van der Waals surface area contributed by atoms with Crippen molar-refractivity contribution < 1.29 is 9.53 Å². The van der Waals surface area contributed by atoms with Crippen molar-refractivity contribution >= 4 is 16.9 Å². The van der Waals surface area contributed by atoms with E-state index in [2.05, 4.69) is 22.2 Å². The molecule has 7 nitrogen and oxygen atoms in total. The normalized spacial score (nSPS) is 16.7. The minimum atomic E-state index is -0.150. The molecule has 1 aliphatic heterocycles. The lowest BCUT2D eigenvalue weighted by atomic mass is 10.2. The highest BCUT2D eigenvalue weighted by atomic mass is 16.5. The van der Waals surface area contributed by atoms with Gasteiger partial charge in [0, 0.05) is 32.7 Å². The van der Waals surface area contributed by atoms with E-state index in [1.807, 2.05) is 23.1 Å². The van der Waals surface area contributed by atoms with Gasteiger partial charge in [-0.2, -0.15) is 0 Å². The number of carbonyl (C=O) groups excluding carboxylic acids is 1. The molecular weight excluding hydrogens is 332 g/mol. The summed E-state index contributed by atoms with van der Waals surface area (Å²) in [5.74, 6) is 0.579. The summed E-state index contributed by atoms with van der Waals surface area (Å²) in [6.07, 6.45) is 3.60. The third kappa shape index (κ3) is 4.60. The fraction of sp³-hybridized carbons (Fsp3) is 0.526. The van der Waals surface area contributed by atoms with Gasteiger partial charge in [0.05, 0.1) is 17.0 Å². The number of nitrogens with zero attached hydrogens (tertiary/aromatic N) is 2. The Bertz CT molecular complexity index is 799. The number of amides is 2. The number of urea groups is 1. The van der Waals surface area contributed by atoms with E-state index in [-0.39, 0.29) is 17.7 Å². The lowest BCUT2D eigenvalue weighted by Gasteiger charge is -2.25. The highest BCUT2D eigenvalue weighted by molar-refractivity contribution is 5.77. The Morgan fingerprint density at radius 3 is 3.04 bits per heavy atom. The minimum absolute atomic E-state index is 0.0921. The van der Waals surface area contributed by atoms with Crippen molar-refractivity contribution in [3.8, 4) is 0 Å². The summed E-state index contributed by atoms with van der Waals surface area (Å²) in [5.41, 5.74) is 0.520. The number of ether oxygens (including phenoxy) is 1. The quantitative estimate of drug-likeness (QED) is 0.793. The third-order valence-corrected chi connectivity index (χ3v) is 4.53. The molecule has 1 aliphatic rings. The zero-order chi connectivity index (χ0) is 18.4. The summed E-state index contributed by atoms with van der Waals surface area (Å²) in [6, 6.07) is 7.15. The lowest BCUT2D eigenvalue weighted by Crippen LogP contribution is -2.44. The van der Waals surface area contributed by atoms with E-state index in [0.29, 0.717) is 42.8 Å². The number of rotatable bonds is 7. The Labute approximate surface area is 152 Å². The molecule has 0 unspecified atom stereocenters. The number of para-hydroxylation sites is 1. The molecule has 0 aliphatic carbocycles. The van der Waals surface area contributed by atoms with E-state index in [9.17, 15) is 9.59 Å². The first-order valence-electron chi connectivity index (χ1n) is 9.29. The Morgan fingerprint density at radius 1 is 1.42 bits per heavy atom. The Balaban J connectivity index is 1.55. The first-order chi connectivity index (χ1) is 12.7. The van der Waals surface area contributed by atoms with Crippen LogP contribution in [0.2, 0.25) is 0 Å². The predicted molar refractivity (Wildman–Crippen MR) is 100 cm³/mol. The molecule has 1 saturated heterocycles. The maximum Gasteiger partial charge on any atom is 0.317 e. The van der Waals surface area contributed by atoms with Crippen molar-refractivity contribution in [2.24, 2.45) is 0 Å². The van der Waals surface area contributed by atoms with E-state index in [1.165, 1.54) is 0 Å². The molecule has 1 aromatic carbocycles. The molecule has 140 valence electrons. The molecule has 2 amide bonds. The van der Waals surface area contributed by atoms with Crippen molar-refractivity contribution in [1.29, 1.82) is 0 Å². The summed E-state index contributed by atoms with van der Waals surface area (Å²) >= 11 is 0. The van der Waals surface area contributed by atoms with Gasteiger partial charge in [0.15, 0.2) is 0 Å². The maximum absolute atomic E-state index is 12.5. The fourth-order valence-electron chi connectivity index (χ4n) is 3.23. The van der Waals surface area contributed by atoms with Gasteiger partial charge in [0.2, 0.25) is 0 Å². The van der Waals surface area contributed by atoms with Gasteiger partial charge >= 0.3 is 6.03 Å². The number of benzene rings is 1. The molecule has 0 radical (unpaired) electrons. The van der Waals surface area contributed by atoms with Gasteiger partial charge in [-0.1, -0.05) is 19.1 Å². The molecule has 0 bridgehead atoms. The molecule has 3 rings (SSSR count). The number of aromatic amines is 1. The van der Waals surface area contributed by atoms with Crippen LogP contribution in [0.4, 0.5) is 4.79 Å². The van der Waals surface area contributed by atoms with E-state index < -0.39 is 0 Å². The van der Waals surface area contributed by atoms with Gasteiger partial charge in [-0.15, -0.1) is 0 Å². The van der Waals surface area contributed by atoms with Crippen molar-refractivity contribution in [1.82, 2.24) is 20.2 Å². The molecule has 26 heavy (non-hydrogen) atoms. The van der Waals surface area contributed by atoms with Crippen LogP contribution >= 0.6 is 0 Å². The van der Waals surface area contributed by atoms with Crippen molar-refractivity contribution in [3.63, 3.8) is 0 Å². The van der Waals surface area contributed by atoms with Gasteiger partial charge in [-0.25, -0.2) is 9.78 Å². The predicted octanol–water partition coefficient (Wildman–Crippen LogP) is 2.07. The summed E-state index contributed by atoms with van der Waals surface area (Å²) in [4.78, 5) is 33.6. The summed E-state index contributed by atoms with van der Waals surface area (Å²) < 4.78 is 5.64. The Hall–Kier alpha value is -2.41. The maximum atomic E-state index is 12.5. The van der Waals surface area contributed by atoms with Crippen LogP contribution in [0.5, 0.6) is 0 Å². The van der Waals surface area contributed by atoms with Gasteiger partial charge in [0.25, 0.3) is 5.56 Å². The smallest absolute Gasteiger partial charge is 0.317 e. The van der Waals surface area contributed by atoms with Crippen LogP contribution in [-0.4, -0.2) is 53.2 Å². The van der Waals surface area contributed by atoms with Crippen LogP contribution in [0.15, 0.2) is 29.1 Å². The van der Waals surface area contributed by atoms with Gasteiger partial charge in [0.1, 0.15) is 5.82 Å². The second kappa shape index (κ2) is 8.80. The molecule has 1 atom stereocenters. The average Bonchev–Trinajstić information content (AvgIpc) is 3.14. The number of H-pyrrole nitrogens is 1. The second-order valence-corrected chi connectivity index (χ2v) is 6.59. The van der Waals surface area contributed by atoms with Crippen molar-refractivity contribution in [2.45, 2.75) is 38.7 Å². The zero-order valence-corrected chi connectivity index (χ0v) is 15.2. The Morgan fingerprint density at radius 2 is 2.27 bits per heavy atom. The van der Waals surface area contributed by atoms with E-state index in [0.717, 1.165) is 25.9 Å². The van der Waals surface area contributed by atoms with Gasteiger partial charge in [-0.3, -0.25) is 4.79 Å². The molecule has 7 heteroatoms. The topological polar surface area (TPSA) is 87.3 Å². The molecular formula is C19H26N4O3. The third-order valence-electron chi connectivity index (χ3n) is 4.53. The zero-order valence-electron chi connectivity index (χ0n) is 15.2. The van der Waals surface area contributed by atoms with E-state index in [1.54, 1.807) is 6.07 Å². The standard InChI is InChI=1S/C19H26N4O3/c1-2-11-23(13-14-6-5-12-26-14)19(25)20-10-9-17-21-16-8-4-3-7-15(16)18(24)22-17/h3-4,7-8,14H,2,5-6,9-13H2,1H3,(H,20,25)(H,21,22,24)/t14-/m1/s1. The molecule has 2 heterocycles. The molecule has 1 fully saturated rings. The largest absolute Gasteiger partial charge is 0.376 e. The SMILES string of the molecule is CCCN(C[C@H]1CCCO1)C(=O)NCCc1nc2ccccc2c(=O)[nH]1. The van der Waals surface area contributed by atoms with Gasteiger partial charge < -0.3 is 19.9 Å². The molecule has 0 spiro atoms. The lowest BCUT2D eigenvalue weighted by molar-refractivity contribution is 0.0813. The number of nitrogens with one attached hydrogen (secondary N) is 2. The Kier molecular flexibility index (Phi) is 6.22. The summed E-state index contributed by atoms with van der Waals surface area (Å²) in [7, 11) is 0. The van der Waals surface area contributed by atoms with Crippen LogP contribution in [0.1, 0.15) is 32.0 Å². The molecule has 2 N–H and O–H groups in total. The summed E-state index contributed by atoms with van der Waals surface area (Å²) in [6.45, 7) is 4.60. The average molecular weight is 358 g/mol. The molecule has 0 saturated carbocycles. The number of fused-ring (bicyclic) bond motifs is 1. The minimum Gasteiger partial charge on any atom is -0.376 e. The van der Waals surface area contributed by atoms with E-state index >= 15 is 0 Å². The fourth-order valence-corrected chi connectivity index (χ4v) is 3.23. The number of aromatic nitrogens is 2. The van der Waals surface area contributed by atoms with Crippen molar-refractivity contribution in [2.75, 3.05) is 26.2 Å². The first kappa shape index (κ1) is 18.4. The number of hydrogen-bond donors (Lipinski definition) is 2. The van der Waals surface area contributed by atoms with Crippen LogP contribution in [0.25, 0.3) is 10.9 Å². The van der Waals surface area contributed by atoms with Crippen LogP contribution < -0.4 is 10.9 Å². The monoisotopic (exact) mass is 358 g/mol. The molecule has 1 aromatic heterocycles. The number of hydrogen-bond acceptors (Lipinski definition) is 4. The van der Waals surface area contributed by atoms with Crippen LogP contribution in [-0.2, 0) is 11.2 Å². The highest BCUT2D eigenvalue weighted by Gasteiger charge is 2.21. The van der Waals surface area contributed by atoms with Crippen LogP contribution in [0, 0.1) is 0 Å². The van der Waals surface area contributed by atoms with Gasteiger partial charge in [-0.05, 0) is 31.4 Å². The molecule has 2 aromatic rings. The highest BCUT2D eigenvalue weighted by Crippen LogP contribution is 2.13.